The van der Waals surface area contributed by atoms with Gasteiger partial charge >= 0.3 is 0 Å². The lowest BCUT2D eigenvalue weighted by Gasteiger charge is -2.37. The van der Waals surface area contributed by atoms with Gasteiger partial charge in [-0.15, -0.1) is 0 Å². The number of aryl methyl sites for hydroxylation is 1. The number of nitrogens with one attached hydrogen (secondary N) is 1. The van der Waals surface area contributed by atoms with Crippen LogP contribution in [0.1, 0.15) is 40.6 Å². The highest BCUT2D eigenvalue weighted by atomic mass is 35.5. The van der Waals surface area contributed by atoms with E-state index >= 15 is 0 Å². The van der Waals surface area contributed by atoms with Crippen LogP contribution in [-0.4, -0.2) is 6.21 Å². The zero-order chi connectivity index (χ0) is 19.8. The van der Waals surface area contributed by atoms with Crippen molar-refractivity contribution in [2.45, 2.75) is 25.3 Å². The summed E-state index contributed by atoms with van der Waals surface area (Å²) in [6.45, 7) is 2.17. The maximum atomic E-state index is 5.94. The predicted octanol–water partition coefficient (Wildman–Crippen LogP) is 7.23. The van der Waals surface area contributed by atoms with E-state index in [9.17, 15) is 0 Å². The monoisotopic (exact) mass is 398 g/mol. The van der Waals surface area contributed by atoms with Crippen LogP contribution >= 0.6 is 11.6 Å². The van der Waals surface area contributed by atoms with Crippen molar-refractivity contribution in [1.29, 1.82) is 0 Å². The summed E-state index contributed by atoms with van der Waals surface area (Å²) < 4.78 is 0. The van der Waals surface area contributed by atoms with E-state index in [0.29, 0.717) is 17.9 Å². The molecular formula is C26H23ClN2. The molecule has 3 atom stereocenters. The number of benzene rings is 3. The Balaban J connectivity index is 1.38. The average molecular weight is 399 g/mol. The van der Waals surface area contributed by atoms with E-state index in [1.54, 1.807) is 0 Å². The van der Waals surface area contributed by atoms with Gasteiger partial charge in [-0.3, -0.25) is 4.99 Å². The summed E-state index contributed by atoms with van der Waals surface area (Å²) >= 11 is 5.94. The summed E-state index contributed by atoms with van der Waals surface area (Å²) in [6.07, 6.45) is 7.72. The first kappa shape index (κ1) is 18.2. The van der Waals surface area contributed by atoms with Crippen molar-refractivity contribution in [2.24, 2.45) is 10.9 Å². The minimum absolute atomic E-state index is 0.319. The molecule has 1 aliphatic heterocycles. The molecule has 1 N–H and O–H groups in total. The van der Waals surface area contributed by atoms with Crippen LogP contribution in [-0.2, 0) is 0 Å². The average Bonchev–Trinajstić information content (AvgIpc) is 3.24. The Morgan fingerprint density at radius 3 is 2.59 bits per heavy atom. The molecular weight excluding hydrogens is 376 g/mol. The molecule has 2 nitrogen and oxygen atoms in total. The first-order valence-corrected chi connectivity index (χ1v) is 10.5. The number of halogens is 1. The maximum Gasteiger partial charge on any atom is 0.0630 e. The van der Waals surface area contributed by atoms with Crippen molar-refractivity contribution in [3.8, 4) is 0 Å². The fourth-order valence-corrected chi connectivity index (χ4v) is 4.64. The van der Waals surface area contributed by atoms with Crippen LogP contribution in [0, 0.1) is 12.8 Å². The molecule has 0 radical (unpaired) electrons. The van der Waals surface area contributed by atoms with E-state index in [-0.39, 0.29) is 0 Å². The lowest BCUT2D eigenvalue weighted by Crippen LogP contribution is -2.29. The van der Waals surface area contributed by atoms with E-state index < -0.39 is 0 Å². The molecule has 0 saturated heterocycles. The lowest BCUT2D eigenvalue weighted by molar-refractivity contribution is 0.425. The van der Waals surface area contributed by atoms with Crippen LogP contribution < -0.4 is 5.32 Å². The summed E-state index contributed by atoms with van der Waals surface area (Å²) in [5.74, 6) is 1.06. The van der Waals surface area contributed by atoms with Gasteiger partial charge < -0.3 is 5.32 Å². The zero-order valence-electron chi connectivity index (χ0n) is 16.3. The Morgan fingerprint density at radius 1 is 1.00 bits per heavy atom. The van der Waals surface area contributed by atoms with Gasteiger partial charge in [0.1, 0.15) is 0 Å². The van der Waals surface area contributed by atoms with Crippen molar-refractivity contribution >= 4 is 29.2 Å². The van der Waals surface area contributed by atoms with Crippen LogP contribution in [0.25, 0.3) is 0 Å². The van der Waals surface area contributed by atoms with Gasteiger partial charge in [-0.25, -0.2) is 0 Å². The van der Waals surface area contributed by atoms with E-state index in [1.165, 1.54) is 22.4 Å². The molecule has 0 aromatic heterocycles. The van der Waals surface area contributed by atoms with Crippen molar-refractivity contribution in [2.75, 3.05) is 5.32 Å². The van der Waals surface area contributed by atoms with Crippen molar-refractivity contribution in [3.05, 3.63) is 106 Å². The molecule has 0 bridgehead atoms. The van der Waals surface area contributed by atoms with Gasteiger partial charge in [-0.05, 0) is 66.3 Å². The third-order valence-electron chi connectivity index (χ3n) is 6.00. The molecule has 3 aromatic rings. The van der Waals surface area contributed by atoms with E-state index in [4.69, 9.17) is 11.6 Å². The van der Waals surface area contributed by atoms with E-state index in [2.05, 4.69) is 71.8 Å². The minimum Gasteiger partial charge on any atom is -0.378 e. The first-order valence-electron chi connectivity index (χ1n) is 10.1. The summed E-state index contributed by atoms with van der Waals surface area (Å²) in [4.78, 5) is 4.60. The number of nitrogens with zero attached hydrogens (tertiary/aromatic N) is 1. The van der Waals surface area contributed by atoms with Crippen LogP contribution in [0.3, 0.4) is 0 Å². The smallest absolute Gasteiger partial charge is 0.0630 e. The fourth-order valence-electron chi connectivity index (χ4n) is 4.51. The van der Waals surface area contributed by atoms with Gasteiger partial charge in [0, 0.05) is 22.8 Å². The largest absolute Gasteiger partial charge is 0.378 e. The van der Waals surface area contributed by atoms with Gasteiger partial charge in [0.25, 0.3) is 0 Å². The molecule has 5 rings (SSSR count). The molecule has 0 spiro atoms. The molecule has 29 heavy (non-hydrogen) atoms. The lowest BCUT2D eigenvalue weighted by atomic mass is 9.76. The van der Waals surface area contributed by atoms with Crippen LogP contribution in [0.4, 0.5) is 11.4 Å². The molecule has 0 fully saturated rings. The van der Waals surface area contributed by atoms with Gasteiger partial charge in [-0.2, -0.15) is 0 Å². The molecule has 1 heterocycles. The van der Waals surface area contributed by atoms with Crippen molar-refractivity contribution in [3.63, 3.8) is 0 Å². The fraction of sp³-hybridized carbons (Fsp3) is 0.192. The van der Waals surface area contributed by atoms with Crippen LogP contribution in [0.5, 0.6) is 0 Å². The maximum absolute atomic E-state index is 5.94. The van der Waals surface area contributed by atoms with Crippen molar-refractivity contribution in [1.82, 2.24) is 0 Å². The standard InChI is InChI=1S/C26H23ClN2/c1-17-5-14-25-24(15-17)22-3-2-4-23(22)26(29-25)19-8-12-21(13-9-19)28-16-18-6-10-20(27)11-7-18/h2-3,5-16,22-23,26,29H,4H2,1H3/t22-,23+,26-/m1/s1. The van der Waals surface area contributed by atoms with Gasteiger partial charge in [0.05, 0.1) is 11.7 Å². The zero-order valence-corrected chi connectivity index (χ0v) is 17.1. The highest BCUT2D eigenvalue weighted by Gasteiger charge is 2.37. The Morgan fingerprint density at radius 2 is 1.79 bits per heavy atom. The van der Waals surface area contributed by atoms with E-state index in [1.807, 2.05) is 30.5 Å². The minimum atomic E-state index is 0.319. The molecule has 3 heteroatoms. The second kappa shape index (κ2) is 7.53. The number of hydrogen-bond acceptors (Lipinski definition) is 2. The third kappa shape index (κ3) is 3.61. The number of hydrogen-bond donors (Lipinski definition) is 1. The summed E-state index contributed by atoms with van der Waals surface area (Å²) in [5.41, 5.74) is 7.34. The second-order valence-corrected chi connectivity index (χ2v) is 8.40. The molecule has 3 aromatic carbocycles. The predicted molar refractivity (Wildman–Crippen MR) is 123 cm³/mol. The number of rotatable bonds is 3. The third-order valence-corrected chi connectivity index (χ3v) is 6.26. The van der Waals surface area contributed by atoms with Gasteiger partial charge in [-0.1, -0.05) is 65.7 Å². The Hall–Kier alpha value is -2.84. The topological polar surface area (TPSA) is 24.4 Å². The van der Waals surface area contributed by atoms with Gasteiger partial charge in [0.15, 0.2) is 0 Å². The normalized spacial score (nSPS) is 22.3. The molecule has 0 saturated carbocycles. The Labute approximate surface area is 177 Å². The SMILES string of the molecule is Cc1ccc2c(c1)[C@@H]1C=CC[C@@H]1[C@@H](c1ccc(N=Cc3ccc(Cl)cc3)cc1)N2. The molecule has 144 valence electrons. The van der Waals surface area contributed by atoms with Crippen molar-refractivity contribution < 1.29 is 0 Å². The Kier molecular flexibility index (Phi) is 4.73. The van der Waals surface area contributed by atoms with Gasteiger partial charge in [0.2, 0.25) is 0 Å². The highest BCUT2D eigenvalue weighted by molar-refractivity contribution is 6.30. The Bertz CT molecular complexity index is 1080. The number of allylic oxidation sites excluding steroid dienone is 2. The summed E-state index contributed by atoms with van der Waals surface area (Å²) in [7, 11) is 0. The summed E-state index contributed by atoms with van der Waals surface area (Å²) in [6, 6.07) is 23.4. The first-order chi connectivity index (χ1) is 14.2. The highest BCUT2D eigenvalue weighted by Crippen LogP contribution is 2.49. The summed E-state index contributed by atoms with van der Waals surface area (Å²) in [5, 5.41) is 4.54. The van der Waals surface area contributed by atoms with E-state index in [0.717, 1.165) is 22.7 Å². The number of aliphatic imine (C=N–C) groups is 1. The molecule has 0 amide bonds. The quantitative estimate of drug-likeness (QED) is 0.365. The molecule has 1 aliphatic carbocycles. The number of anilines is 1. The second-order valence-electron chi connectivity index (χ2n) is 7.97. The number of fused-ring (bicyclic) bond motifs is 3. The van der Waals surface area contributed by atoms with Crippen LogP contribution in [0.15, 0.2) is 83.9 Å². The molecule has 0 unspecified atom stereocenters. The van der Waals surface area contributed by atoms with Crippen LogP contribution in [0.2, 0.25) is 5.02 Å². The molecule has 2 aliphatic rings.